The number of aryl methyl sites for hydroxylation is 2. The number of carbonyl (C=O) groups excluding carboxylic acids is 2. The third kappa shape index (κ3) is 8.11. The summed E-state index contributed by atoms with van der Waals surface area (Å²) in [6, 6.07) is 22.8. The van der Waals surface area contributed by atoms with Crippen molar-refractivity contribution in [3.05, 3.63) is 105 Å². The number of hydrogen-bond donors (Lipinski definition) is 1. The molecule has 2 amide bonds. The molecule has 0 aliphatic heterocycles. The second-order valence-electron chi connectivity index (χ2n) is 8.94. The van der Waals surface area contributed by atoms with Gasteiger partial charge in [0.05, 0.1) is 10.0 Å². The minimum absolute atomic E-state index is 0.0757. The Kier molecular flexibility index (Phi) is 10.8. The number of nitrogens with one attached hydrogen (secondary N) is 1. The van der Waals surface area contributed by atoms with Gasteiger partial charge in [-0.05, 0) is 53.6 Å². The van der Waals surface area contributed by atoms with Gasteiger partial charge in [0.1, 0.15) is 6.04 Å². The fourth-order valence-corrected chi connectivity index (χ4v) is 4.41. The minimum atomic E-state index is -0.650. The second kappa shape index (κ2) is 14.1. The highest BCUT2D eigenvalue weighted by Crippen LogP contribution is 2.25. The third-order valence-corrected chi connectivity index (χ3v) is 6.96. The van der Waals surface area contributed by atoms with Gasteiger partial charge in [0.25, 0.3) is 0 Å². The molecule has 0 fully saturated rings. The zero-order valence-corrected chi connectivity index (χ0v) is 22.5. The van der Waals surface area contributed by atoms with E-state index in [-0.39, 0.29) is 18.4 Å². The summed E-state index contributed by atoms with van der Waals surface area (Å²) in [5, 5.41) is 3.88. The van der Waals surface area contributed by atoms with Gasteiger partial charge in [0, 0.05) is 25.9 Å². The van der Waals surface area contributed by atoms with Crippen LogP contribution >= 0.6 is 23.2 Å². The summed E-state index contributed by atoms with van der Waals surface area (Å²) >= 11 is 12.4. The third-order valence-electron chi connectivity index (χ3n) is 6.22. The molecule has 0 radical (unpaired) electrons. The van der Waals surface area contributed by atoms with Gasteiger partial charge in [-0.25, -0.2) is 0 Å². The number of amides is 2. The van der Waals surface area contributed by atoms with E-state index < -0.39 is 6.04 Å². The van der Waals surface area contributed by atoms with Gasteiger partial charge in [0.2, 0.25) is 11.8 Å². The Morgan fingerprint density at radius 2 is 1.50 bits per heavy atom. The van der Waals surface area contributed by atoms with Crippen LogP contribution < -0.4 is 5.32 Å². The summed E-state index contributed by atoms with van der Waals surface area (Å²) in [6.45, 7) is 4.95. The molecule has 1 N–H and O–H groups in total. The van der Waals surface area contributed by atoms with Gasteiger partial charge in [-0.2, -0.15) is 0 Å². The number of hydrogen-bond acceptors (Lipinski definition) is 2. The van der Waals surface area contributed by atoms with Crippen LogP contribution in [0.25, 0.3) is 0 Å². The van der Waals surface area contributed by atoms with Crippen LogP contribution in [0.1, 0.15) is 48.9 Å². The molecule has 0 aliphatic rings. The molecular weight excluding hydrogens is 491 g/mol. The van der Waals surface area contributed by atoms with Gasteiger partial charge in [-0.15, -0.1) is 0 Å². The molecule has 3 aromatic carbocycles. The minimum Gasteiger partial charge on any atom is -0.354 e. The van der Waals surface area contributed by atoms with Crippen molar-refractivity contribution in [3.8, 4) is 0 Å². The highest BCUT2D eigenvalue weighted by atomic mass is 35.5. The molecule has 1 atom stereocenters. The molecule has 0 saturated heterocycles. The maximum absolute atomic E-state index is 13.7. The maximum atomic E-state index is 13.7. The zero-order chi connectivity index (χ0) is 25.9. The smallest absolute Gasteiger partial charge is 0.243 e. The molecule has 0 aliphatic carbocycles. The van der Waals surface area contributed by atoms with Gasteiger partial charge in [-0.1, -0.05) is 97.7 Å². The molecule has 0 spiro atoms. The van der Waals surface area contributed by atoms with E-state index in [9.17, 15) is 9.59 Å². The first-order valence-electron chi connectivity index (χ1n) is 12.5. The van der Waals surface area contributed by atoms with Crippen molar-refractivity contribution in [2.75, 3.05) is 6.54 Å². The van der Waals surface area contributed by atoms with E-state index in [1.54, 1.807) is 17.0 Å². The molecule has 0 unspecified atom stereocenters. The first kappa shape index (κ1) is 27.8. The summed E-state index contributed by atoms with van der Waals surface area (Å²) in [7, 11) is 0. The van der Waals surface area contributed by atoms with E-state index in [1.165, 1.54) is 5.56 Å². The summed E-state index contributed by atoms with van der Waals surface area (Å²) in [5.74, 6) is -0.227. The lowest BCUT2D eigenvalue weighted by Gasteiger charge is -2.32. The van der Waals surface area contributed by atoms with Gasteiger partial charge in [0.15, 0.2) is 0 Å². The monoisotopic (exact) mass is 524 g/mol. The van der Waals surface area contributed by atoms with Crippen LogP contribution in [-0.2, 0) is 35.4 Å². The Balaban J connectivity index is 1.89. The Hall–Kier alpha value is -2.82. The molecule has 0 heterocycles. The van der Waals surface area contributed by atoms with E-state index in [0.717, 1.165) is 29.5 Å². The van der Waals surface area contributed by atoms with Crippen molar-refractivity contribution < 1.29 is 9.59 Å². The number of nitrogens with zero attached hydrogens (tertiary/aromatic N) is 1. The van der Waals surface area contributed by atoms with Crippen molar-refractivity contribution in [1.82, 2.24) is 10.2 Å². The van der Waals surface area contributed by atoms with Crippen molar-refractivity contribution in [1.29, 1.82) is 0 Å². The molecule has 3 rings (SSSR count). The van der Waals surface area contributed by atoms with Crippen LogP contribution in [-0.4, -0.2) is 29.3 Å². The normalized spacial score (nSPS) is 11.7. The number of benzene rings is 3. The summed E-state index contributed by atoms with van der Waals surface area (Å²) in [5.41, 5.74) is 4.19. The SMILES string of the molecule is CCCNC(=O)[C@@H](Cc1ccccc1)N(Cc1ccc(Cl)c(Cl)c1)C(=O)CCc1ccc(CC)cc1. The second-order valence-corrected chi connectivity index (χ2v) is 9.75. The predicted octanol–water partition coefficient (Wildman–Crippen LogP) is 6.65. The largest absolute Gasteiger partial charge is 0.354 e. The van der Waals surface area contributed by atoms with Crippen LogP contribution in [0.5, 0.6) is 0 Å². The predicted molar refractivity (Wildman–Crippen MR) is 148 cm³/mol. The first-order chi connectivity index (χ1) is 17.4. The van der Waals surface area contributed by atoms with Crippen molar-refractivity contribution in [2.45, 2.75) is 58.5 Å². The van der Waals surface area contributed by atoms with Crippen LogP contribution in [0, 0.1) is 0 Å². The molecule has 0 bridgehead atoms. The van der Waals surface area contributed by atoms with Gasteiger partial charge >= 0.3 is 0 Å². The highest BCUT2D eigenvalue weighted by molar-refractivity contribution is 6.42. The van der Waals surface area contributed by atoms with E-state index >= 15 is 0 Å². The van der Waals surface area contributed by atoms with Crippen molar-refractivity contribution in [3.63, 3.8) is 0 Å². The Morgan fingerprint density at radius 1 is 0.833 bits per heavy atom. The number of carbonyl (C=O) groups is 2. The molecule has 6 heteroatoms. The van der Waals surface area contributed by atoms with E-state index in [4.69, 9.17) is 23.2 Å². The molecule has 3 aromatic rings. The Bertz CT molecular complexity index is 1130. The molecule has 190 valence electrons. The topological polar surface area (TPSA) is 49.4 Å². The standard InChI is InChI=1S/C30H34Cl2N2O2/c1-3-18-33-30(36)28(20-24-8-6-5-7-9-24)34(21-25-14-16-26(31)27(32)19-25)29(35)17-15-23-12-10-22(4-2)11-13-23/h5-14,16,19,28H,3-4,15,17-18,20-21H2,1-2H3,(H,33,36)/t28-/m1/s1. The first-order valence-corrected chi connectivity index (χ1v) is 13.3. The van der Waals surface area contributed by atoms with E-state index in [0.29, 0.717) is 35.9 Å². The quantitative estimate of drug-likeness (QED) is 0.288. The van der Waals surface area contributed by atoms with Crippen LogP contribution in [0.15, 0.2) is 72.8 Å². The van der Waals surface area contributed by atoms with E-state index in [1.807, 2.05) is 43.3 Å². The van der Waals surface area contributed by atoms with Gasteiger partial charge < -0.3 is 10.2 Å². The fraction of sp³-hybridized carbons (Fsp3) is 0.333. The van der Waals surface area contributed by atoms with Gasteiger partial charge in [-0.3, -0.25) is 9.59 Å². The average Bonchev–Trinajstić information content (AvgIpc) is 2.90. The number of halogens is 2. The highest BCUT2D eigenvalue weighted by Gasteiger charge is 2.30. The van der Waals surface area contributed by atoms with Crippen molar-refractivity contribution in [2.24, 2.45) is 0 Å². The van der Waals surface area contributed by atoms with E-state index in [2.05, 4.69) is 36.5 Å². The average molecular weight is 526 g/mol. The zero-order valence-electron chi connectivity index (χ0n) is 21.0. The van der Waals surface area contributed by atoms with Crippen LogP contribution in [0.4, 0.5) is 0 Å². The summed E-state index contributed by atoms with van der Waals surface area (Å²) < 4.78 is 0. The molecule has 36 heavy (non-hydrogen) atoms. The van der Waals surface area contributed by atoms with Crippen LogP contribution in [0.3, 0.4) is 0 Å². The maximum Gasteiger partial charge on any atom is 0.243 e. The Morgan fingerprint density at radius 3 is 2.14 bits per heavy atom. The summed E-state index contributed by atoms with van der Waals surface area (Å²) in [4.78, 5) is 28.7. The molecule has 0 saturated carbocycles. The Labute approximate surface area is 224 Å². The number of rotatable bonds is 12. The lowest BCUT2D eigenvalue weighted by atomic mass is 10.0. The summed E-state index contributed by atoms with van der Waals surface area (Å²) in [6.07, 6.45) is 3.13. The molecule has 0 aromatic heterocycles. The molecular formula is C30H34Cl2N2O2. The molecule has 4 nitrogen and oxygen atoms in total. The fourth-order valence-electron chi connectivity index (χ4n) is 4.09. The van der Waals surface area contributed by atoms with Crippen LogP contribution in [0.2, 0.25) is 10.0 Å². The lowest BCUT2D eigenvalue weighted by molar-refractivity contribution is -0.141. The van der Waals surface area contributed by atoms with Crippen molar-refractivity contribution >= 4 is 35.0 Å². The lowest BCUT2D eigenvalue weighted by Crippen LogP contribution is -2.50.